The van der Waals surface area contributed by atoms with Crippen LogP contribution in [0.5, 0.6) is 0 Å². The van der Waals surface area contributed by atoms with Gasteiger partial charge in [0.2, 0.25) is 0 Å². The molecular formula is C8H10O2. The lowest BCUT2D eigenvalue weighted by molar-refractivity contribution is -0.112. The molecule has 54 valence electrons. The number of hydrogen-bond donors (Lipinski definition) is 1. The fourth-order valence-electron chi connectivity index (χ4n) is 0.390. The maximum atomic E-state index is 10.4. The van der Waals surface area contributed by atoms with Crippen molar-refractivity contribution < 1.29 is 9.90 Å². The highest BCUT2D eigenvalue weighted by molar-refractivity contribution is 5.88. The van der Waals surface area contributed by atoms with Crippen LogP contribution < -0.4 is 0 Å². The zero-order chi connectivity index (χ0) is 8.15. The van der Waals surface area contributed by atoms with Gasteiger partial charge in [-0.15, -0.1) is 0 Å². The summed E-state index contributed by atoms with van der Waals surface area (Å²) in [6.45, 7) is 8.17. The van der Waals surface area contributed by atoms with Crippen molar-refractivity contribution in [2.75, 3.05) is 0 Å². The molecule has 10 heavy (non-hydrogen) atoms. The molecule has 0 atom stereocenters. The molecule has 0 heterocycles. The standard InChI is InChI=1S/C8H10O2/c1-4-6(2)8(10)5-7(3)9/h4-5,10H,1-2H2,3H3/b8-5+. The summed E-state index contributed by atoms with van der Waals surface area (Å²) in [4.78, 5) is 10.4. The number of rotatable bonds is 3. The van der Waals surface area contributed by atoms with Crippen molar-refractivity contribution in [3.63, 3.8) is 0 Å². The van der Waals surface area contributed by atoms with Crippen LogP contribution >= 0.6 is 0 Å². The zero-order valence-corrected chi connectivity index (χ0v) is 5.92. The van der Waals surface area contributed by atoms with Crippen molar-refractivity contribution in [1.82, 2.24) is 0 Å². The third kappa shape index (κ3) is 2.87. The average molecular weight is 138 g/mol. The fourth-order valence-corrected chi connectivity index (χ4v) is 0.390. The SMILES string of the molecule is C=CC(=C)/C(O)=C\C(C)=O. The second-order valence-electron chi connectivity index (χ2n) is 1.87. The molecule has 0 spiro atoms. The van der Waals surface area contributed by atoms with E-state index in [0.717, 1.165) is 6.08 Å². The van der Waals surface area contributed by atoms with Crippen molar-refractivity contribution in [3.05, 3.63) is 36.6 Å². The number of ketones is 1. The summed E-state index contributed by atoms with van der Waals surface area (Å²) in [5.41, 5.74) is 0.357. The Hall–Kier alpha value is -1.31. The van der Waals surface area contributed by atoms with Gasteiger partial charge < -0.3 is 5.11 Å². The van der Waals surface area contributed by atoms with Crippen molar-refractivity contribution >= 4 is 5.78 Å². The summed E-state index contributed by atoms with van der Waals surface area (Å²) in [6.07, 6.45) is 2.48. The molecule has 0 aromatic heterocycles. The van der Waals surface area contributed by atoms with E-state index in [1.54, 1.807) is 0 Å². The van der Waals surface area contributed by atoms with E-state index in [2.05, 4.69) is 13.2 Å². The molecule has 0 fully saturated rings. The molecule has 2 nitrogen and oxygen atoms in total. The molecule has 0 aliphatic rings. The Morgan fingerprint density at radius 1 is 1.60 bits per heavy atom. The molecule has 0 unspecified atom stereocenters. The molecule has 0 saturated heterocycles. The van der Waals surface area contributed by atoms with Crippen molar-refractivity contribution in [2.45, 2.75) is 6.92 Å². The first-order chi connectivity index (χ1) is 4.57. The lowest BCUT2D eigenvalue weighted by Gasteiger charge is -1.94. The van der Waals surface area contributed by atoms with Crippen LogP contribution in [0.15, 0.2) is 36.6 Å². The van der Waals surface area contributed by atoms with Gasteiger partial charge >= 0.3 is 0 Å². The minimum Gasteiger partial charge on any atom is -0.507 e. The minimum atomic E-state index is -0.208. The van der Waals surface area contributed by atoms with E-state index >= 15 is 0 Å². The maximum absolute atomic E-state index is 10.4. The Labute approximate surface area is 60.2 Å². The molecule has 0 amide bonds. The molecule has 1 N–H and O–H groups in total. The van der Waals surface area contributed by atoms with Crippen LogP contribution in [0.3, 0.4) is 0 Å². The van der Waals surface area contributed by atoms with E-state index in [1.807, 2.05) is 0 Å². The summed E-state index contributed by atoms with van der Waals surface area (Å²) in [6, 6.07) is 0. The summed E-state index contributed by atoms with van der Waals surface area (Å²) < 4.78 is 0. The van der Waals surface area contributed by atoms with Gasteiger partial charge in [-0.1, -0.05) is 19.2 Å². The maximum Gasteiger partial charge on any atom is 0.156 e. The first kappa shape index (κ1) is 8.69. The first-order valence-corrected chi connectivity index (χ1v) is 2.81. The van der Waals surface area contributed by atoms with Crippen LogP contribution in [-0.4, -0.2) is 10.9 Å². The average Bonchev–Trinajstić information content (AvgIpc) is 1.85. The number of hydrogen-bond acceptors (Lipinski definition) is 2. The Balaban J connectivity index is 4.33. The number of aliphatic hydroxyl groups excluding tert-OH is 1. The molecule has 0 aliphatic heterocycles. The Bertz CT molecular complexity index is 199. The van der Waals surface area contributed by atoms with Crippen LogP contribution in [0.2, 0.25) is 0 Å². The van der Waals surface area contributed by atoms with Crippen molar-refractivity contribution in [3.8, 4) is 0 Å². The van der Waals surface area contributed by atoms with Gasteiger partial charge in [-0.25, -0.2) is 0 Å². The topological polar surface area (TPSA) is 37.3 Å². The second-order valence-corrected chi connectivity index (χ2v) is 1.87. The van der Waals surface area contributed by atoms with Gasteiger partial charge in [-0.05, 0) is 6.92 Å². The molecule has 0 aromatic rings. The summed E-state index contributed by atoms with van der Waals surface area (Å²) in [5, 5.41) is 8.96. The number of carbonyl (C=O) groups excluding carboxylic acids is 1. The van der Waals surface area contributed by atoms with Crippen LogP contribution in [-0.2, 0) is 4.79 Å². The Kier molecular flexibility index (Phi) is 3.19. The van der Waals surface area contributed by atoms with E-state index in [4.69, 9.17) is 5.11 Å². The highest BCUT2D eigenvalue weighted by atomic mass is 16.3. The summed E-state index contributed by atoms with van der Waals surface area (Å²) >= 11 is 0. The third-order valence-electron chi connectivity index (χ3n) is 0.915. The van der Waals surface area contributed by atoms with Crippen molar-refractivity contribution in [1.29, 1.82) is 0 Å². The van der Waals surface area contributed by atoms with E-state index < -0.39 is 0 Å². The lowest BCUT2D eigenvalue weighted by atomic mass is 10.2. The van der Waals surface area contributed by atoms with E-state index in [-0.39, 0.29) is 11.5 Å². The monoisotopic (exact) mass is 138 g/mol. The molecular weight excluding hydrogens is 128 g/mol. The van der Waals surface area contributed by atoms with Gasteiger partial charge in [-0.2, -0.15) is 0 Å². The van der Waals surface area contributed by atoms with Crippen LogP contribution in [0, 0.1) is 0 Å². The van der Waals surface area contributed by atoms with Gasteiger partial charge in [-0.3, -0.25) is 4.79 Å². The van der Waals surface area contributed by atoms with Crippen molar-refractivity contribution in [2.24, 2.45) is 0 Å². The third-order valence-corrected chi connectivity index (χ3v) is 0.915. The lowest BCUT2D eigenvalue weighted by Crippen LogP contribution is -1.88. The van der Waals surface area contributed by atoms with Crippen LogP contribution in [0.1, 0.15) is 6.92 Å². The summed E-state index contributed by atoms with van der Waals surface area (Å²) in [5.74, 6) is -0.331. The molecule has 0 rings (SSSR count). The molecule has 2 heteroatoms. The predicted molar refractivity (Wildman–Crippen MR) is 40.7 cm³/mol. The quantitative estimate of drug-likeness (QED) is 0.366. The fraction of sp³-hybridized carbons (Fsp3) is 0.125. The van der Waals surface area contributed by atoms with E-state index in [9.17, 15) is 4.79 Å². The van der Waals surface area contributed by atoms with Gasteiger partial charge in [0.05, 0.1) is 0 Å². The predicted octanol–water partition coefficient (Wildman–Crippen LogP) is 1.76. The van der Waals surface area contributed by atoms with E-state index in [1.165, 1.54) is 13.0 Å². The smallest absolute Gasteiger partial charge is 0.156 e. The number of carbonyl (C=O) groups is 1. The molecule has 0 aromatic carbocycles. The first-order valence-electron chi connectivity index (χ1n) is 2.81. The van der Waals surface area contributed by atoms with Crippen LogP contribution in [0.4, 0.5) is 0 Å². The Morgan fingerprint density at radius 2 is 2.10 bits per heavy atom. The molecule has 0 bridgehead atoms. The van der Waals surface area contributed by atoms with Crippen LogP contribution in [0.25, 0.3) is 0 Å². The minimum absolute atomic E-state index is 0.123. The van der Waals surface area contributed by atoms with Gasteiger partial charge in [0.1, 0.15) is 5.76 Å². The molecule has 0 aliphatic carbocycles. The van der Waals surface area contributed by atoms with Gasteiger partial charge in [0.15, 0.2) is 5.78 Å². The normalized spacial score (nSPS) is 10.7. The number of allylic oxidation sites excluding steroid dienone is 2. The molecule has 0 radical (unpaired) electrons. The Morgan fingerprint density at radius 3 is 2.40 bits per heavy atom. The second kappa shape index (κ2) is 3.67. The zero-order valence-electron chi connectivity index (χ0n) is 5.92. The molecule has 0 saturated carbocycles. The largest absolute Gasteiger partial charge is 0.507 e. The summed E-state index contributed by atoms with van der Waals surface area (Å²) in [7, 11) is 0. The van der Waals surface area contributed by atoms with Gasteiger partial charge in [0, 0.05) is 11.6 Å². The highest BCUT2D eigenvalue weighted by Gasteiger charge is 1.95. The van der Waals surface area contributed by atoms with Gasteiger partial charge in [0.25, 0.3) is 0 Å². The highest BCUT2D eigenvalue weighted by Crippen LogP contribution is 2.03. The van der Waals surface area contributed by atoms with E-state index in [0.29, 0.717) is 5.57 Å². The number of aliphatic hydroxyl groups is 1.